The molecule has 0 aromatic carbocycles. The van der Waals surface area contributed by atoms with Gasteiger partial charge in [0.15, 0.2) is 0 Å². The maximum atomic E-state index is 3.25. The van der Waals surface area contributed by atoms with Crippen LogP contribution in [0.25, 0.3) is 0 Å². The molecule has 1 saturated heterocycles. The second-order valence-electron chi connectivity index (χ2n) is 3.60. The van der Waals surface area contributed by atoms with Gasteiger partial charge >= 0.3 is 0 Å². The van der Waals surface area contributed by atoms with Crippen molar-refractivity contribution >= 4 is 0 Å². The van der Waals surface area contributed by atoms with Gasteiger partial charge < -0.3 is 11.8 Å². The van der Waals surface area contributed by atoms with Gasteiger partial charge in [-0.2, -0.15) is 6.92 Å². The topological polar surface area (TPSA) is 6.48 Å². The molecule has 1 aliphatic rings. The summed E-state index contributed by atoms with van der Waals surface area (Å²) in [6.07, 6.45) is 2.03. The largest absolute Gasteiger partial charge is 0.346 e. The SMILES string of the molecule is CCC#CCCN1CCN(C)CC1.[CH2-]C.[Y]. The van der Waals surface area contributed by atoms with E-state index in [1.807, 2.05) is 0 Å². The fourth-order valence-corrected chi connectivity index (χ4v) is 1.50. The van der Waals surface area contributed by atoms with Crippen LogP contribution in [-0.2, 0) is 32.7 Å². The number of likely N-dealkylation sites (N-methyl/N-ethyl adjacent to an activating group) is 1. The summed E-state index contributed by atoms with van der Waals surface area (Å²) in [5.41, 5.74) is 0. The molecule has 0 aromatic rings. The number of hydrogen-bond donors (Lipinski definition) is 0. The first kappa shape index (κ1) is 18.9. The Bertz CT molecular complexity index is 188. The van der Waals surface area contributed by atoms with Crippen LogP contribution in [0.2, 0.25) is 0 Å². The second kappa shape index (κ2) is 13.6. The molecule has 3 heteroatoms. The second-order valence-corrected chi connectivity index (χ2v) is 3.60. The third kappa shape index (κ3) is 9.78. The maximum absolute atomic E-state index is 3.25. The van der Waals surface area contributed by atoms with E-state index >= 15 is 0 Å². The summed E-state index contributed by atoms with van der Waals surface area (Å²) in [6.45, 7) is 13.1. The zero-order valence-corrected chi connectivity index (χ0v) is 14.0. The molecule has 16 heavy (non-hydrogen) atoms. The molecule has 0 amide bonds. The molecule has 1 heterocycles. The molecule has 0 unspecified atom stereocenters. The molecular formula is C13H25N2Y-. The van der Waals surface area contributed by atoms with Gasteiger partial charge in [-0.15, -0.1) is 11.8 Å². The fraction of sp³-hybridized carbons (Fsp3) is 0.769. The molecule has 0 N–H and O–H groups in total. The molecule has 91 valence electrons. The van der Waals surface area contributed by atoms with Gasteiger partial charge in [0.1, 0.15) is 0 Å². The average molecular weight is 298 g/mol. The summed E-state index contributed by atoms with van der Waals surface area (Å²) in [5, 5.41) is 0. The van der Waals surface area contributed by atoms with Crippen molar-refractivity contribution in [1.29, 1.82) is 0 Å². The van der Waals surface area contributed by atoms with E-state index < -0.39 is 0 Å². The summed E-state index contributed by atoms with van der Waals surface area (Å²) in [5.74, 6) is 6.30. The average Bonchev–Trinajstić information content (AvgIpc) is 2.30. The van der Waals surface area contributed by atoms with Crippen LogP contribution in [0.4, 0.5) is 0 Å². The van der Waals surface area contributed by atoms with Crippen LogP contribution in [-0.4, -0.2) is 49.6 Å². The maximum Gasteiger partial charge on any atom is 0.0217 e. The molecular weight excluding hydrogens is 273 g/mol. The first-order valence-electron chi connectivity index (χ1n) is 5.90. The minimum absolute atomic E-state index is 0. The Balaban J connectivity index is 0. The Hall–Kier alpha value is 0.584. The Morgan fingerprint density at radius 2 is 1.62 bits per heavy atom. The van der Waals surface area contributed by atoms with E-state index in [0.717, 1.165) is 19.4 Å². The zero-order chi connectivity index (χ0) is 11.5. The quantitative estimate of drug-likeness (QED) is 0.567. The monoisotopic (exact) mass is 298 g/mol. The van der Waals surface area contributed by atoms with Crippen molar-refractivity contribution in [2.24, 2.45) is 0 Å². The van der Waals surface area contributed by atoms with Crippen LogP contribution >= 0.6 is 0 Å². The predicted octanol–water partition coefficient (Wildman–Crippen LogP) is 1.88. The molecule has 0 spiro atoms. The van der Waals surface area contributed by atoms with E-state index in [1.165, 1.54) is 26.2 Å². The van der Waals surface area contributed by atoms with Gasteiger partial charge in [-0.25, -0.2) is 0 Å². The van der Waals surface area contributed by atoms with Gasteiger partial charge in [0.2, 0.25) is 0 Å². The number of rotatable bonds is 2. The molecule has 1 rings (SSSR count). The van der Waals surface area contributed by atoms with Gasteiger partial charge in [-0.05, 0) is 7.05 Å². The Kier molecular flexibility index (Phi) is 16.2. The van der Waals surface area contributed by atoms with E-state index in [1.54, 1.807) is 6.92 Å². The van der Waals surface area contributed by atoms with E-state index in [2.05, 4.69) is 42.5 Å². The molecule has 0 atom stereocenters. The van der Waals surface area contributed by atoms with Crippen molar-refractivity contribution in [2.45, 2.75) is 26.7 Å². The normalized spacial score (nSPS) is 16.2. The van der Waals surface area contributed by atoms with Gasteiger partial charge in [0.05, 0.1) is 0 Å². The van der Waals surface area contributed by atoms with Gasteiger partial charge in [0, 0.05) is 78.3 Å². The number of piperazine rings is 1. The smallest absolute Gasteiger partial charge is 0.0217 e. The van der Waals surface area contributed by atoms with E-state index in [-0.39, 0.29) is 32.7 Å². The van der Waals surface area contributed by atoms with Crippen LogP contribution in [0, 0.1) is 18.8 Å². The molecule has 0 bridgehead atoms. The minimum Gasteiger partial charge on any atom is -0.346 e. The predicted molar refractivity (Wildman–Crippen MR) is 67.7 cm³/mol. The van der Waals surface area contributed by atoms with Crippen LogP contribution in [0.15, 0.2) is 0 Å². The Morgan fingerprint density at radius 3 is 2.12 bits per heavy atom. The standard InChI is InChI=1S/C11H20N2.C2H5.Y/c1-3-4-5-6-7-13-10-8-12(2)9-11-13;1-2;/h3,6-11H2,1-2H3;1H2,2H3;/q;-1;. The molecule has 0 saturated carbocycles. The minimum atomic E-state index is 0. The van der Waals surface area contributed by atoms with Crippen LogP contribution < -0.4 is 0 Å². The van der Waals surface area contributed by atoms with Crippen molar-refractivity contribution in [3.8, 4) is 11.8 Å². The van der Waals surface area contributed by atoms with Crippen molar-refractivity contribution in [3.05, 3.63) is 6.92 Å². The number of hydrogen-bond acceptors (Lipinski definition) is 2. The van der Waals surface area contributed by atoms with Crippen LogP contribution in [0.5, 0.6) is 0 Å². The van der Waals surface area contributed by atoms with Crippen molar-refractivity contribution in [3.63, 3.8) is 0 Å². The molecule has 0 aromatic heterocycles. The molecule has 1 fully saturated rings. The summed E-state index contributed by atoms with van der Waals surface area (Å²) in [7, 11) is 2.19. The third-order valence-electron chi connectivity index (χ3n) is 2.45. The van der Waals surface area contributed by atoms with E-state index in [9.17, 15) is 0 Å². The molecule has 1 radical (unpaired) electrons. The summed E-state index contributed by atoms with van der Waals surface area (Å²) in [6, 6.07) is 0. The third-order valence-corrected chi connectivity index (χ3v) is 2.45. The molecule has 1 aliphatic heterocycles. The van der Waals surface area contributed by atoms with E-state index in [4.69, 9.17) is 0 Å². The van der Waals surface area contributed by atoms with Crippen LogP contribution in [0.1, 0.15) is 26.7 Å². The molecule has 2 nitrogen and oxygen atoms in total. The van der Waals surface area contributed by atoms with Crippen molar-refractivity contribution < 1.29 is 32.7 Å². The summed E-state index contributed by atoms with van der Waals surface area (Å²) < 4.78 is 0. The Labute approximate surface area is 127 Å². The van der Waals surface area contributed by atoms with Gasteiger partial charge in [0.25, 0.3) is 0 Å². The van der Waals surface area contributed by atoms with Crippen molar-refractivity contribution in [1.82, 2.24) is 9.80 Å². The first-order chi connectivity index (χ1) is 7.33. The Morgan fingerprint density at radius 1 is 1.06 bits per heavy atom. The number of nitrogens with zero attached hydrogens (tertiary/aromatic N) is 2. The van der Waals surface area contributed by atoms with Gasteiger partial charge in [-0.1, -0.05) is 6.92 Å². The van der Waals surface area contributed by atoms with Gasteiger partial charge in [-0.3, -0.25) is 4.90 Å². The fourth-order valence-electron chi connectivity index (χ4n) is 1.50. The molecule has 0 aliphatic carbocycles. The van der Waals surface area contributed by atoms with Crippen molar-refractivity contribution in [2.75, 3.05) is 39.8 Å². The van der Waals surface area contributed by atoms with E-state index in [0.29, 0.717) is 0 Å². The summed E-state index contributed by atoms with van der Waals surface area (Å²) in [4.78, 5) is 4.89. The zero-order valence-electron chi connectivity index (χ0n) is 11.1. The summed E-state index contributed by atoms with van der Waals surface area (Å²) >= 11 is 0. The van der Waals surface area contributed by atoms with Crippen LogP contribution in [0.3, 0.4) is 0 Å². The first-order valence-corrected chi connectivity index (χ1v) is 5.90.